The fourth-order valence-electron chi connectivity index (χ4n) is 4.85. The number of hydrogen-bond donors (Lipinski definition) is 4. The van der Waals surface area contributed by atoms with Gasteiger partial charge in [-0.2, -0.15) is 10.2 Å². The van der Waals surface area contributed by atoms with E-state index in [1.54, 1.807) is 26.0 Å². The third-order valence-electron chi connectivity index (χ3n) is 6.70. The predicted octanol–water partition coefficient (Wildman–Crippen LogP) is 1.62. The molecule has 0 atom stereocenters. The van der Waals surface area contributed by atoms with Gasteiger partial charge in [-0.25, -0.2) is 19.2 Å². The third-order valence-corrected chi connectivity index (χ3v) is 6.70. The lowest BCUT2D eigenvalue weighted by molar-refractivity contribution is 0.0954. The Kier molecular flexibility index (Phi) is 6.40. The first-order valence-corrected chi connectivity index (χ1v) is 12.8. The maximum absolute atomic E-state index is 13.7. The SMILES string of the molecule is Cc1ccn2nc(Cn3nc(-c4cc(O)cc(C(=O)NCCN)c4)c4c(N)ncnc43)n(-c3ccccc3)c(=O)c12. The molecule has 0 radical (unpaired) electrons. The molecule has 2 aromatic carbocycles. The number of nitrogen functional groups attached to an aromatic ring is 1. The molecule has 41 heavy (non-hydrogen) atoms. The van der Waals surface area contributed by atoms with Crippen LogP contribution in [0.2, 0.25) is 0 Å². The molecule has 1 amide bonds. The Balaban J connectivity index is 1.54. The van der Waals surface area contributed by atoms with Crippen LogP contribution in [0.4, 0.5) is 5.82 Å². The van der Waals surface area contributed by atoms with Crippen molar-refractivity contribution in [3.63, 3.8) is 0 Å². The number of aryl methyl sites for hydroxylation is 1. The van der Waals surface area contributed by atoms with Gasteiger partial charge in [0.25, 0.3) is 11.5 Å². The van der Waals surface area contributed by atoms with Gasteiger partial charge in [-0.3, -0.25) is 14.2 Å². The molecule has 0 fully saturated rings. The number of phenols is 1. The first-order valence-electron chi connectivity index (χ1n) is 12.8. The smallest absolute Gasteiger partial charge is 0.282 e. The molecule has 13 heteroatoms. The highest BCUT2D eigenvalue weighted by atomic mass is 16.3. The maximum atomic E-state index is 13.7. The van der Waals surface area contributed by atoms with Crippen molar-refractivity contribution in [1.29, 1.82) is 0 Å². The minimum atomic E-state index is -0.396. The third kappa shape index (κ3) is 4.53. The van der Waals surface area contributed by atoms with E-state index in [-0.39, 0.29) is 42.3 Å². The largest absolute Gasteiger partial charge is 0.508 e. The number of aromatic nitrogens is 7. The number of carbonyl (C=O) groups is 1. The summed E-state index contributed by atoms with van der Waals surface area (Å²) in [6.45, 7) is 2.47. The molecular formula is C28H26N10O3. The molecule has 206 valence electrons. The molecule has 4 aromatic heterocycles. The number of carbonyl (C=O) groups excluding carboxylic acids is 1. The van der Waals surface area contributed by atoms with Gasteiger partial charge in [0, 0.05) is 30.4 Å². The van der Waals surface area contributed by atoms with Gasteiger partial charge in [0.05, 0.1) is 11.1 Å². The molecule has 6 rings (SSSR count). The molecule has 0 bridgehead atoms. The molecule has 0 spiro atoms. The second-order valence-electron chi connectivity index (χ2n) is 9.46. The van der Waals surface area contributed by atoms with Crippen LogP contribution in [0.3, 0.4) is 0 Å². The summed E-state index contributed by atoms with van der Waals surface area (Å²) in [5.41, 5.74) is 14.9. The zero-order valence-electron chi connectivity index (χ0n) is 22.0. The van der Waals surface area contributed by atoms with E-state index in [9.17, 15) is 14.7 Å². The van der Waals surface area contributed by atoms with E-state index in [0.29, 0.717) is 39.3 Å². The second kappa shape index (κ2) is 10.2. The van der Waals surface area contributed by atoms with E-state index in [4.69, 9.17) is 21.7 Å². The highest BCUT2D eigenvalue weighted by Gasteiger charge is 2.22. The van der Waals surface area contributed by atoms with Crippen molar-refractivity contribution in [3.05, 3.63) is 94.4 Å². The summed E-state index contributed by atoms with van der Waals surface area (Å²) in [5.74, 6) is 0.0345. The van der Waals surface area contributed by atoms with E-state index in [0.717, 1.165) is 5.56 Å². The number of amides is 1. The Morgan fingerprint density at radius 1 is 1.07 bits per heavy atom. The van der Waals surface area contributed by atoms with E-state index in [1.807, 2.05) is 43.3 Å². The molecular weight excluding hydrogens is 524 g/mol. The molecule has 6 N–H and O–H groups in total. The number of aromatic hydroxyl groups is 1. The molecule has 6 aromatic rings. The van der Waals surface area contributed by atoms with E-state index < -0.39 is 5.91 Å². The van der Waals surface area contributed by atoms with Crippen molar-refractivity contribution in [2.75, 3.05) is 18.8 Å². The van der Waals surface area contributed by atoms with Crippen molar-refractivity contribution < 1.29 is 9.90 Å². The minimum Gasteiger partial charge on any atom is -0.508 e. The van der Waals surface area contributed by atoms with Crippen LogP contribution in [0, 0.1) is 6.92 Å². The van der Waals surface area contributed by atoms with Gasteiger partial charge in [0.1, 0.15) is 35.7 Å². The molecule has 0 aliphatic carbocycles. The van der Waals surface area contributed by atoms with Crippen LogP contribution in [0.5, 0.6) is 5.75 Å². The lowest BCUT2D eigenvalue weighted by Crippen LogP contribution is -2.28. The summed E-state index contributed by atoms with van der Waals surface area (Å²) >= 11 is 0. The average Bonchev–Trinajstić information content (AvgIpc) is 3.53. The van der Waals surface area contributed by atoms with Crippen molar-refractivity contribution in [1.82, 2.24) is 39.2 Å². The van der Waals surface area contributed by atoms with Gasteiger partial charge in [0.15, 0.2) is 11.5 Å². The first kappa shape index (κ1) is 25.7. The van der Waals surface area contributed by atoms with Crippen molar-refractivity contribution in [2.45, 2.75) is 13.5 Å². The van der Waals surface area contributed by atoms with Crippen LogP contribution in [-0.4, -0.2) is 58.0 Å². The van der Waals surface area contributed by atoms with E-state index in [1.165, 1.54) is 18.5 Å². The van der Waals surface area contributed by atoms with Crippen molar-refractivity contribution in [2.24, 2.45) is 5.73 Å². The molecule has 4 heterocycles. The summed E-state index contributed by atoms with van der Waals surface area (Å²) in [6, 6.07) is 15.5. The van der Waals surface area contributed by atoms with Crippen LogP contribution < -0.4 is 22.3 Å². The minimum absolute atomic E-state index is 0.0485. The van der Waals surface area contributed by atoms with E-state index >= 15 is 0 Å². The van der Waals surface area contributed by atoms with Crippen LogP contribution >= 0.6 is 0 Å². The summed E-state index contributed by atoms with van der Waals surface area (Å²) in [5, 5.41) is 23.1. The number of nitrogens with two attached hydrogens (primary N) is 2. The van der Waals surface area contributed by atoms with Gasteiger partial charge in [0.2, 0.25) is 0 Å². The van der Waals surface area contributed by atoms with Crippen LogP contribution in [0.15, 0.2) is 71.9 Å². The molecule has 0 unspecified atom stereocenters. The molecule has 0 saturated heterocycles. The summed E-state index contributed by atoms with van der Waals surface area (Å²) in [6.07, 6.45) is 3.06. The zero-order valence-corrected chi connectivity index (χ0v) is 22.0. The Morgan fingerprint density at radius 3 is 2.66 bits per heavy atom. The normalized spacial score (nSPS) is 11.4. The monoisotopic (exact) mass is 550 g/mol. The number of rotatable bonds is 7. The van der Waals surface area contributed by atoms with Crippen molar-refractivity contribution >= 4 is 28.3 Å². The molecule has 0 aliphatic rings. The quantitative estimate of drug-likeness (QED) is 0.229. The fourth-order valence-corrected chi connectivity index (χ4v) is 4.85. The zero-order chi connectivity index (χ0) is 28.7. The highest BCUT2D eigenvalue weighted by molar-refractivity contribution is 6.01. The maximum Gasteiger partial charge on any atom is 0.282 e. The average molecular weight is 551 g/mol. The predicted molar refractivity (Wildman–Crippen MR) is 153 cm³/mol. The van der Waals surface area contributed by atoms with Crippen LogP contribution in [0.25, 0.3) is 33.5 Å². The Morgan fingerprint density at radius 2 is 1.88 bits per heavy atom. The number of anilines is 1. The summed E-state index contributed by atoms with van der Waals surface area (Å²) < 4.78 is 4.68. The number of hydrogen-bond acceptors (Lipinski definition) is 9. The van der Waals surface area contributed by atoms with Gasteiger partial charge in [-0.05, 0) is 48.9 Å². The Hall–Kier alpha value is -5.56. The molecule has 0 saturated carbocycles. The number of fused-ring (bicyclic) bond motifs is 2. The Labute approximate surface area is 232 Å². The van der Waals surface area contributed by atoms with Crippen LogP contribution in [-0.2, 0) is 6.54 Å². The molecule has 13 nitrogen and oxygen atoms in total. The second-order valence-corrected chi connectivity index (χ2v) is 9.46. The standard InChI is InChI=1S/C28H26N10O3/c1-16-7-10-36-24(16)28(41)38(19-5-3-2-4-6-19)21(34-36)14-37-26-22(25(30)32-15-33-26)23(35-37)17-11-18(13-20(39)12-17)27(40)31-9-8-29/h2-7,10-13,15,39H,8-9,14,29H2,1H3,(H,31,40)(H2,30,32,33). The summed E-state index contributed by atoms with van der Waals surface area (Å²) in [7, 11) is 0. The topological polar surface area (TPSA) is 184 Å². The lowest BCUT2D eigenvalue weighted by Gasteiger charge is -2.13. The molecule has 0 aliphatic heterocycles. The Bertz CT molecular complexity index is 1990. The number of nitrogens with one attached hydrogen (secondary N) is 1. The number of para-hydroxylation sites is 1. The lowest BCUT2D eigenvalue weighted by atomic mass is 10.0. The van der Waals surface area contributed by atoms with Gasteiger partial charge >= 0.3 is 0 Å². The van der Waals surface area contributed by atoms with Gasteiger partial charge < -0.3 is 21.9 Å². The summed E-state index contributed by atoms with van der Waals surface area (Å²) in [4.78, 5) is 34.9. The number of phenolic OH excluding ortho intramolecular Hbond substituents is 1. The first-order chi connectivity index (χ1) is 19.9. The van der Waals surface area contributed by atoms with Crippen molar-refractivity contribution in [3.8, 4) is 22.7 Å². The van der Waals surface area contributed by atoms with Gasteiger partial charge in [-0.1, -0.05) is 18.2 Å². The number of nitrogens with zero attached hydrogens (tertiary/aromatic N) is 7. The highest BCUT2D eigenvalue weighted by Crippen LogP contribution is 2.33. The number of benzene rings is 2. The van der Waals surface area contributed by atoms with E-state index in [2.05, 4.69) is 15.3 Å². The fraction of sp³-hybridized carbons (Fsp3) is 0.143. The van der Waals surface area contributed by atoms with Gasteiger partial charge in [-0.15, -0.1) is 0 Å². The van der Waals surface area contributed by atoms with Crippen LogP contribution in [0.1, 0.15) is 21.7 Å².